The summed E-state index contributed by atoms with van der Waals surface area (Å²) in [4.78, 5) is 16.6. The molecule has 0 bridgehead atoms. The number of ether oxygens (including phenoxy) is 1. The molecule has 0 unspecified atom stereocenters. The summed E-state index contributed by atoms with van der Waals surface area (Å²) < 4.78 is 5.13. The fraction of sp³-hybridized carbons (Fsp3) is 0.316. The zero-order chi connectivity index (χ0) is 16.8. The number of nitrogens with zero attached hydrogens (tertiary/aromatic N) is 2. The van der Waals surface area contributed by atoms with Gasteiger partial charge in [-0.2, -0.15) is 11.3 Å². The SMILES string of the molecule is COc1ccc(/C=C/C(=O)N2CCN(Cc3ccsc3)CC2)cc1. The lowest BCUT2D eigenvalue weighted by Crippen LogP contribution is -2.47. The van der Waals surface area contributed by atoms with Crippen molar-refractivity contribution in [1.29, 1.82) is 0 Å². The zero-order valence-corrected chi connectivity index (χ0v) is 14.7. The number of piperazine rings is 1. The number of benzene rings is 1. The molecule has 0 aliphatic carbocycles. The molecule has 1 saturated heterocycles. The fourth-order valence-electron chi connectivity index (χ4n) is 2.76. The predicted molar refractivity (Wildman–Crippen MR) is 98.2 cm³/mol. The van der Waals surface area contributed by atoms with E-state index in [4.69, 9.17) is 4.74 Å². The van der Waals surface area contributed by atoms with E-state index in [1.807, 2.05) is 35.2 Å². The highest BCUT2D eigenvalue weighted by Crippen LogP contribution is 2.14. The molecular formula is C19H22N2O2S. The van der Waals surface area contributed by atoms with Crippen molar-refractivity contribution in [1.82, 2.24) is 9.80 Å². The molecule has 4 nitrogen and oxygen atoms in total. The Balaban J connectivity index is 1.48. The summed E-state index contributed by atoms with van der Waals surface area (Å²) in [5, 5.41) is 4.30. The van der Waals surface area contributed by atoms with E-state index in [1.54, 1.807) is 24.5 Å². The van der Waals surface area contributed by atoms with Crippen molar-refractivity contribution >= 4 is 23.3 Å². The zero-order valence-electron chi connectivity index (χ0n) is 13.9. The average molecular weight is 342 g/mol. The molecule has 126 valence electrons. The van der Waals surface area contributed by atoms with E-state index in [1.165, 1.54) is 5.56 Å². The molecule has 1 aliphatic rings. The van der Waals surface area contributed by atoms with E-state index < -0.39 is 0 Å². The fourth-order valence-corrected chi connectivity index (χ4v) is 3.41. The van der Waals surface area contributed by atoms with E-state index in [0.717, 1.165) is 44.0 Å². The maximum Gasteiger partial charge on any atom is 0.246 e. The van der Waals surface area contributed by atoms with Gasteiger partial charge in [0, 0.05) is 38.8 Å². The Kier molecular flexibility index (Phi) is 5.67. The Morgan fingerprint density at radius 1 is 1.17 bits per heavy atom. The van der Waals surface area contributed by atoms with Gasteiger partial charge in [0.15, 0.2) is 0 Å². The van der Waals surface area contributed by atoms with Gasteiger partial charge >= 0.3 is 0 Å². The van der Waals surface area contributed by atoms with Crippen molar-refractivity contribution in [2.75, 3.05) is 33.3 Å². The quantitative estimate of drug-likeness (QED) is 0.783. The minimum Gasteiger partial charge on any atom is -0.497 e. The minimum absolute atomic E-state index is 0.0843. The first-order valence-corrected chi connectivity index (χ1v) is 9.03. The molecule has 0 N–H and O–H groups in total. The van der Waals surface area contributed by atoms with Crippen LogP contribution in [-0.2, 0) is 11.3 Å². The Bertz CT molecular complexity index is 672. The largest absolute Gasteiger partial charge is 0.497 e. The molecule has 2 heterocycles. The second-order valence-electron chi connectivity index (χ2n) is 5.84. The van der Waals surface area contributed by atoms with Gasteiger partial charge in [0.1, 0.15) is 5.75 Å². The van der Waals surface area contributed by atoms with Crippen LogP contribution in [0.1, 0.15) is 11.1 Å². The average Bonchev–Trinajstić information content (AvgIpc) is 3.14. The van der Waals surface area contributed by atoms with Gasteiger partial charge < -0.3 is 9.64 Å². The van der Waals surface area contributed by atoms with E-state index in [-0.39, 0.29) is 5.91 Å². The maximum absolute atomic E-state index is 12.3. The molecule has 0 saturated carbocycles. The summed E-state index contributed by atoms with van der Waals surface area (Å²) in [6, 6.07) is 9.85. The molecule has 0 radical (unpaired) electrons. The highest BCUT2D eigenvalue weighted by molar-refractivity contribution is 7.07. The van der Waals surface area contributed by atoms with Crippen molar-refractivity contribution in [3.63, 3.8) is 0 Å². The molecular weight excluding hydrogens is 320 g/mol. The van der Waals surface area contributed by atoms with Crippen molar-refractivity contribution in [2.24, 2.45) is 0 Å². The van der Waals surface area contributed by atoms with Crippen LogP contribution in [0.15, 0.2) is 47.2 Å². The van der Waals surface area contributed by atoms with Crippen LogP contribution >= 0.6 is 11.3 Å². The van der Waals surface area contributed by atoms with E-state index in [0.29, 0.717) is 0 Å². The second-order valence-corrected chi connectivity index (χ2v) is 6.62. The van der Waals surface area contributed by atoms with Gasteiger partial charge in [0.25, 0.3) is 0 Å². The first-order valence-electron chi connectivity index (χ1n) is 8.09. The molecule has 0 spiro atoms. The molecule has 1 amide bonds. The van der Waals surface area contributed by atoms with Crippen LogP contribution in [0.25, 0.3) is 6.08 Å². The van der Waals surface area contributed by atoms with Gasteiger partial charge in [-0.25, -0.2) is 0 Å². The monoisotopic (exact) mass is 342 g/mol. The lowest BCUT2D eigenvalue weighted by Gasteiger charge is -2.34. The van der Waals surface area contributed by atoms with Crippen molar-refractivity contribution in [3.05, 3.63) is 58.3 Å². The number of rotatable bonds is 5. The predicted octanol–water partition coefficient (Wildman–Crippen LogP) is 3.11. The molecule has 3 rings (SSSR count). The van der Waals surface area contributed by atoms with Crippen LogP contribution in [-0.4, -0.2) is 49.0 Å². The summed E-state index contributed by atoms with van der Waals surface area (Å²) in [5.41, 5.74) is 2.36. The molecule has 0 atom stereocenters. The van der Waals surface area contributed by atoms with Gasteiger partial charge in [-0.05, 0) is 46.2 Å². The molecule has 1 aromatic carbocycles. The Labute approximate surface area is 147 Å². The van der Waals surface area contributed by atoms with Crippen LogP contribution in [0.3, 0.4) is 0 Å². The molecule has 1 aliphatic heterocycles. The van der Waals surface area contributed by atoms with Gasteiger partial charge in [-0.1, -0.05) is 12.1 Å². The third kappa shape index (κ3) is 4.46. The Hall–Kier alpha value is -2.11. The summed E-state index contributed by atoms with van der Waals surface area (Å²) in [5.74, 6) is 0.904. The Morgan fingerprint density at radius 3 is 2.54 bits per heavy atom. The van der Waals surface area contributed by atoms with Crippen LogP contribution in [0.5, 0.6) is 5.75 Å². The minimum atomic E-state index is 0.0843. The standard InChI is InChI=1S/C19H22N2O2S/c1-23-18-5-2-16(3-6-18)4-7-19(22)21-11-9-20(10-12-21)14-17-8-13-24-15-17/h2-8,13,15H,9-12,14H2,1H3/b7-4+. The van der Waals surface area contributed by atoms with Gasteiger partial charge in [-0.3, -0.25) is 9.69 Å². The topological polar surface area (TPSA) is 32.8 Å². The summed E-state index contributed by atoms with van der Waals surface area (Å²) in [6.07, 6.45) is 3.52. The van der Waals surface area contributed by atoms with Crippen molar-refractivity contribution < 1.29 is 9.53 Å². The third-order valence-electron chi connectivity index (χ3n) is 4.20. The maximum atomic E-state index is 12.3. The normalized spacial score (nSPS) is 15.8. The lowest BCUT2D eigenvalue weighted by molar-refractivity contribution is -0.127. The third-order valence-corrected chi connectivity index (χ3v) is 4.94. The van der Waals surface area contributed by atoms with Crippen molar-refractivity contribution in [3.8, 4) is 5.75 Å². The van der Waals surface area contributed by atoms with Crippen LogP contribution in [0.4, 0.5) is 0 Å². The van der Waals surface area contributed by atoms with Gasteiger partial charge in [-0.15, -0.1) is 0 Å². The number of carbonyl (C=O) groups excluding carboxylic acids is 1. The number of thiophene rings is 1. The first kappa shape index (κ1) is 16.7. The van der Waals surface area contributed by atoms with Gasteiger partial charge in [0.05, 0.1) is 7.11 Å². The number of hydrogen-bond donors (Lipinski definition) is 0. The molecule has 24 heavy (non-hydrogen) atoms. The number of amides is 1. The molecule has 5 heteroatoms. The van der Waals surface area contributed by atoms with Crippen LogP contribution in [0.2, 0.25) is 0 Å². The van der Waals surface area contributed by atoms with Gasteiger partial charge in [0.2, 0.25) is 5.91 Å². The second kappa shape index (κ2) is 8.13. The highest BCUT2D eigenvalue weighted by atomic mass is 32.1. The highest BCUT2D eigenvalue weighted by Gasteiger charge is 2.19. The van der Waals surface area contributed by atoms with E-state index >= 15 is 0 Å². The van der Waals surface area contributed by atoms with E-state index in [2.05, 4.69) is 21.7 Å². The lowest BCUT2D eigenvalue weighted by atomic mass is 10.2. The molecule has 1 aromatic heterocycles. The molecule has 1 fully saturated rings. The summed E-state index contributed by atoms with van der Waals surface area (Å²) in [6.45, 7) is 4.41. The van der Waals surface area contributed by atoms with Crippen molar-refractivity contribution in [2.45, 2.75) is 6.54 Å². The number of carbonyl (C=O) groups is 1. The van der Waals surface area contributed by atoms with E-state index in [9.17, 15) is 4.79 Å². The molecule has 2 aromatic rings. The summed E-state index contributed by atoms with van der Waals surface area (Å²) >= 11 is 1.73. The number of hydrogen-bond acceptors (Lipinski definition) is 4. The van der Waals surface area contributed by atoms with Crippen LogP contribution in [0, 0.1) is 0 Å². The number of methoxy groups -OCH3 is 1. The smallest absolute Gasteiger partial charge is 0.246 e. The van der Waals surface area contributed by atoms with Crippen LogP contribution < -0.4 is 4.74 Å². The Morgan fingerprint density at radius 2 is 1.92 bits per heavy atom. The first-order chi connectivity index (χ1) is 11.7. The summed E-state index contributed by atoms with van der Waals surface area (Å²) in [7, 11) is 1.65.